The van der Waals surface area contributed by atoms with Crippen molar-refractivity contribution in [2.75, 3.05) is 0 Å². The van der Waals surface area contributed by atoms with E-state index in [1.165, 1.54) is 0 Å². The van der Waals surface area contributed by atoms with Crippen LogP contribution in [0.25, 0.3) is 4.13 Å². The molecule has 0 aromatic rings. The zero-order chi connectivity index (χ0) is 7.71. The fourth-order valence-corrected chi connectivity index (χ4v) is 0.957. The van der Waals surface area contributed by atoms with E-state index < -0.39 is 20.8 Å². The summed E-state index contributed by atoms with van der Waals surface area (Å²) in [4.78, 5) is 0. The first-order chi connectivity index (χ1) is 3.71. The molecule has 0 heterocycles. The minimum Gasteiger partial charge on any atom is -0.379 e. The Bertz CT molecular complexity index is 246. The van der Waals surface area contributed by atoms with Crippen molar-refractivity contribution < 1.29 is 93.5 Å². The third-order valence-electron chi connectivity index (χ3n) is 0.178. The van der Waals surface area contributed by atoms with Crippen molar-refractivity contribution in [3.05, 3.63) is 4.13 Å². The van der Waals surface area contributed by atoms with Gasteiger partial charge in [0.2, 0.25) is 20.8 Å². The van der Waals surface area contributed by atoms with Gasteiger partial charge >= 0.3 is 68.9 Å². The number of nitrogens with zero attached hydrogens (tertiary/aromatic N) is 1. The van der Waals surface area contributed by atoms with Gasteiger partial charge in [0.1, 0.15) is 0 Å². The third kappa shape index (κ3) is 12.4. The summed E-state index contributed by atoms with van der Waals surface area (Å²) in [5.41, 5.74) is 0. The van der Waals surface area contributed by atoms with E-state index in [0.717, 1.165) is 4.13 Å². The molecule has 0 unspecified atom stereocenters. The summed E-state index contributed by atoms with van der Waals surface area (Å²) in [6.45, 7) is 0. The Labute approximate surface area is 116 Å². The van der Waals surface area contributed by atoms with E-state index in [1.54, 1.807) is 0 Å². The van der Waals surface area contributed by atoms with E-state index in [-0.39, 0.29) is 68.9 Å². The Kier molecular flexibility index (Phi) is 6.74. The van der Waals surface area contributed by atoms with Crippen LogP contribution in [-0.4, -0.2) is 16.8 Å². The largest absolute Gasteiger partial charge is 1.00 e. The molecule has 0 aromatic carbocycles. The van der Waals surface area contributed by atoms with E-state index in [9.17, 15) is 24.6 Å². The molecule has 0 bridgehead atoms. The maximum atomic E-state index is 11.1. The van der Waals surface area contributed by atoms with Gasteiger partial charge in [0, 0.05) is 0 Å². The maximum Gasteiger partial charge on any atom is 1.00 e. The van der Waals surface area contributed by atoms with Crippen LogP contribution >= 0.6 is 0 Å². The average molecular weight is 313 g/mol. The molecule has 5 nitrogen and oxygen atoms in total. The summed E-state index contributed by atoms with van der Waals surface area (Å²) in [7, 11) is -11.2. The maximum absolute atomic E-state index is 11.1. The first-order valence-corrected chi connectivity index (χ1v) is 4.02. The van der Waals surface area contributed by atoms with Gasteiger partial charge in [-0.2, -0.15) is 0 Å². The Morgan fingerprint density at radius 1 is 0.900 bits per heavy atom. The van der Waals surface area contributed by atoms with Gasteiger partial charge < -0.3 is 4.13 Å². The van der Waals surface area contributed by atoms with Crippen LogP contribution < -0.4 is 68.9 Å². The number of hydrogen-bond acceptors (Lipinski definition) is 4. The molecule has 0 spiro atoms. The van der Waals surface area contributed by atoms with Crippen molar-refractivity contribution in [2.24, 2.45) is 0 Å². The molecule has 10 heavy (non-hydrogen) atoms. The van der Waals surface area contributed by atoms with Crippen LogP contribution in [0.15, 0.2) is 0 Å². The molecule has 0 aliphatic heterocycles. The van der Waals surface area contributed by atoms with Gasteiger partial charge in [-0.1, -0.05) is 0 Å². The Morgan fingerprint density at radius 3 is 1.10 bits per heavy atom. The van der Waals surface area contributed by atoms with Crippen LogP contribution in [0.5, 0.6) is 0 Å². The van der Waals surface area contributed by atoms with Crippen LogP contribution in [0, 0.1) is 0 Å². The predicted molar refractivity (Wildman–Crippen MR) is 23.4 cm³/mol. The minimum absolute atomic E-state index is 0. The second kappa shape index (κ2) is 4.71. The molecule has 0 aliphatic carbocycles. The average Bonchev–Trinajstić information content (AvgIpc) is 1.14. The number of hydrogen-bond donors (Lipinski definition) is 0. The fraction of sp³-hybridized carbons (Fsp3) is 0. The van der Waals surface area contributed by atoms with Crippen LogP contribution in [0.3, 0.4) is 0 Å². The monoisotopic (exact) mass is 313 g/mol. The van der Waals surface area contributed by atoms with Gasteiger partial charge in [0.25, 0.3) is 0 Å². The number of halogens is 2. The standard InChI is InChI=1S/Cs.F2NO4S2/c;1-8(4,5)3-9(2,6)7/q+1;-1. The summed E-state index contributed by atoms with van der Waals surface area (Å²) >= 11 is 0. The van der Waals surface area contributed by atoms with Crippen molar-refractivity contribution in [1.82, 2.24) is 0 Å². The van der Waals surface area contributed by atoms with Gasteiger partial charge in [-0.05, 0) is 0 Å². The van der Waals surface area contributed by atoms with Crippen LogP contribution in [0.4, 0.5) is 7.77 Å². The molecule has 0 atom stereocenters. The van der Waals surface area contributed by atoms with Crippen molar-refractivity contribution in [3.8, 4) is 0 Å². The normalized spacial score (nSPS) is 12.2. The predicted octanol–water partition coefficient (Wildman–Crippen LogP) is -3.21. The molecule has 0 aliphatic rings. The SMILES string of the molecule is O=S(=O)(F)[N-]S(=O)(=O)F.[Cs+]. The Balaban J connectivity index is 0. The van der Waals surface area contributed by atoms with Crippen molar-refractivity contribution in [3.63, 3.8) is 0 Å². The molecular weight excluding hydrogens is 313 g/mol. The molecule has 0 aromatic heterocycles. The second-order valence-electron chi connectivity index (χ2n) is 0.899. The molecule has 56 valence electrons. The zero-order valence-corrected chi connectivity index (χ0v) is 12.6. The third-order valence-corrected chi connectivity index (χ3v) is 1.60. The zero-order valence-electron chi connectivity index (χ0n) is 4.65. The Morgan fingerprint density at radius 2 is 1.10 bits per heavy atom. The van der Waals surface area contributed by atoms with Crippen LogP contribution in [-0.2, 0) is 20.8 Å². The fourth-order valence-electron chi connectivity index (χ4n) is 0.106. The molecule has 10 heteroatoms. The van der Waals surface area contributed by atoms with E-state index in [4.69, 9.17) is 0 Å². The Hall–Kier alpha value is 1.77. The molecule has 0 amide bonds. The van der Waals surface area contributed by atoms with Gasteiger partial charge in [-0.15, -0.1) is 7.77 Å². The van der Waals surface area contributed by atoms with Crippen molar-refractivity contribution in [2.45, 2.75) is 0 Å². The molecule has 0 saturated heterocycles. The topological polar surface area (TPSA) is 82.4 Å². The minimum atomic E-state index is -5.62. The molecule has 0 saturated carbocycles. The number of rotatable bonds is 2. The second-order valence-corrected chi connectivity index (χ2v) is 3.14. The molecular formula is CsF2NO4S2. The smallest absolute Gasteiger partial charge is 0.379 e. The van der Waals surface area contributed by atoms with Crippen LogP contribution in [0.1, 0.15) is 0 Å². The summed E-state index contributed by atoms with van der Waals surface area (Å²) < 4.78 is 60.1. The summed E-state index contributed by atoms with van der Waals surface area (Å²) in [5.74, 6) is 0. The van der Waals surface area contributed by atoms with Gasteiger partial charge in [-0.25, -0.2) is 16.8 Å². The molecule has 0 rings (SSSR count). The van der Waals surface area contributed by atoms with Crippen molar-refractivity contribution in [1.29, 1.82) is 0 Å². The van der Waals surface area contributed by atoms with E-state index >= 15 is 0 Å². The molecule has 0 fully saturated rings. The van der Waals surface area contributed by atoms with Crippen LogP contribution in [0.2, 0.25) is 0 Å². The van der Waals surface area contributed by atoms with Gasteiger partial charge in [-0.3, -0.25) is 0 Å². The summed E-state index contributed by atoms with van der Waals surface area (Å²) in [6, 6.07) is 0. The molecule has 0 radical (unpaired) electrons. The van der Waals surface area contributed by atoms with E-state index in [2.05, 4.69) is 0 Å². The summed E-state index contributed by atoms with van der Waals surface area (Å²) in [6.07, 6.45) is 0. The van der Waals surface area contributed by atoms with E-state index in [0.29, 0.717) is 0 Å². The molecule has 0 N–H and O–H groups in total. The van der Waals surface area contributed by atoms with Gasteiger partial charge in [0.15, 0.2) is 0 Å². The quantitative estimate of drug-likeness (QED) is 0.503. The van der Waals surface area contributed by atoms with E-state index in [1.807, 2.05) is 0 Å². The summed E-state index contributed by atoms with van der Waals surface area (Å²) in [5, 5.41) is 0. The van der Waals surface area contributed by atoms with Gasteiger partial charge in [0.05, 0.1) is 0 Å². The first-order valence-electron chi connectivity index (χ1n) is 1.34. The van der Waals surface area contributed by atoms with Crippen molar-refractivity contribution >= 4 is 20.8 Å². The first kappa shape index (κ1) is 14.3.